The van der Waals surface area contributed by atoms with Crippen LogP contribution in [0, 0.1) is 5.92 Å². The van der Waals surface area contributed by atoms with Gasteiger partial charge >= 0.3 is 0 Å². The van der Waals surface area contributed by atoms with Crippen LogP contribution in [0.25, 0.3) is 0 Å². The smallest absolute Gasteiger partial charge is 0.223 e. The van der Waals surface area contributed by atoms with Gasteiger partial charge in [0.1, 0.15) is 0 Å². The Hall–Kier alpha value is -0.660. The Morgan fingerprint density at radius 1 is 1.30 bits per heavy atom. The molecule has 0 aromatic carbocycles. The molecule has 0 bridgehead atoms. The second-order valence-corrected chi connectivity index (χ2v) is 8.09. The van der Waals surface area contributed by atoms with Crippen LogP contribution in [0.3, 0.4) is 0 Å². The summed E-state index contributed by atoms with van der Waals surface area (Å²) in [5.41, 5.74) is -0.489. The maximum Gasteiger partial charge on any atom is 0.223 e. The molecule has 0 aliphatic carbocycles. The van der Waals surface area contributed by atoms with E-state index >= 15 is 0 Å². The average Bonchev–Trinajstić information content (AvgIpc) is 2.32. The molecule has 0 atom stereocenters. The first-order valence-electron chi connectivity index (χ1n) is 6.95. The van der Waals surface area contributed by atoms with Gasteiger partial charge in [-0.1, -0.05) is 0 Å². The van der Waals surface area contributed by atoms with Gasteiger partial charge < -0.3 is 10.1 Å². The van der Waals surface area contributed by atoms with Crippen molar-refractivity contribution in [2.24, 2.45) is 5.92 Å². The highest BCUT2D eigenvalue weighted by atomic mass is 32.2. The van der Waals surface area contributed by atoms with E-state index in [4.69, 9.17) is 4.74 Å². The minimum absolute atomic E-state index is 0.00402. The van der Waals surface area contributed by atoms with Crippen LogP contribution in [-0.2, 0) is 19.6 Å². The normalized spacial score (nSPS) is 18.2. The van der Waals surface area contributed by atoms with Crippen molar-refractivity contribution < 1.29 is 17.9 Å². The summed E-state index contributed by atoms with van der Waals surface area (Å²) in [6, 6.07) is 0. The molecule has 7 heteroatoms. The topological polar surface area (TPSA) is 75.7 Å². The van der Waals surface area contributed by atoms with Gasteiger partial charge in [-0.25, -0.2) is 8.42 Å². The number of ether oxygens (including phenoxy) is 1. The van der Waals surface area contributed by atoms with Crippen LogP contribution in [0.15, 0.2) is 0 Å². The number of nitrogens with one attached hydrogen (secondary N) is 1. The van der Waals surface area contributed by atoms with Crippen molar-refractivity contribution >= 4 is 15.9 Å². The molecule has 1 aliphatic heterocycles. The molecule has 0 radical (unpaired) electrons. The predicted molar refractivity (Wildman–Crippen MR) is 77.9 cm³/mol. The first-order chi connectivity index (χ1) is 9.12. The highest BCUT2D eigenvalue weighted by molar-refractivity contribution is 7.88. The molecule has 6 nitrogen and oxygen atoms in total. The number of amides is 1. The van der Waals surface area contributed by atoms with Gasteiger partial charge in [0, 0.05) is 37.8 Å². The molecule has 20 heavy (non-hydrogen) atoms. The summed E-state index contributed by atoms with van der Waals surface area (Å²) in [6.07, 6.45) is 2.67. The van der Waals surface area contributed by atoms with E-state index in [1.54, 1.807) is 0 Å². The summed E-state index contributed by atoms with van der Waals surface area (Å²) in [5.74, 6) is -0.0132. The number of carbonyl (C=O) groups excluding carboxylic acids is 1. The van der Waals surface area contributed by atoms with Crippen LogP contribution < -0.4 is 5.32 Å². The zero-order valence-electron chi connectivity index (χ0n) is 12.8. The minimum atomic E-state index is -3.28. The number of carbonyl (C=O) groups is 1. The van der Waals surface area contributed by atoms with Gasteiger partial charge in [-0.15, -0.1) is 0 Å². The lowest BCUT2D eigenvalue weighted by Crippen LogP contribution is -2.49. The monoisotopic (exact) mass is 306 g/mol. The molecule has 1 saturated heterocycles. The van der Waals surface area contributed by atoms with Crippen molar-refractivity contribution in [3.8, 4) is 0 Å². The SMILES string of the molecule is CC(C)(C)N(CCNC(=O)C1CCOCC1)S(C)(=O)=O. The summed E-state index contributed by atoms with van der Waals surface area (Å²) >= 11 is 0. The number of nitrogens with zero attached hydrogens (tertiary/aromatic N) is 1. The van der Waals surface area contributed by atoms with Crippen LogP contribution in [-0.4, -0.2) is 56.7 Å². The summed E-state index contributed by atoms with van der Waals surface area (Å²) in [6.45, 7) is 7.39. The van der Waals surface area contributed by atoms with Gasteiger partial charge in [-0.2, -0.15) is 4.31 Å². The Morgan fingerprint density at radius 2 is 1.85 bits per heavy atom. The number of hydrogen-bond acceptors (Lipinski definition) is 4. The van der Waals surface area contributed by atoms with Gasteiger partial charge in [0.05, 0.1) is 6.26 Å². The quantitative estimate of drug-likeness (QED) is 0.806. The third-order valence-electron chi connectivity index (χ3n) is 3.35. The predicted octanol–water partition coefficient (Wildman–Crippen LogP) is 0.589. The van der Waals surface area contributed by atoms with Gasteiger partial charge in [0.15, 0.2) is 0 Å². The Bertz CT molecular complexity index is 422. The molecule has 118 valence electrons. The van der Waals surface area contributed by atoms with E-state index in [2.05, 4.69) is 5.32 Å². The van der Waals surface area contributed by atoms with Gasteiger partial charge in [0.25, 0.3) is 0 Å². The summed E-state index contributed by atoms with van der Waals surface area (Å²) in [7, 11) is -3.28. The van der Waals surface area contributed by atoms with Crippen LogP contribution in [0.2, 0.25) is 0 Å². The second-order valence-electron chi connectivity index (χ2n) is 6.18. The van der Waals surface area contributed by atoms with E-state index in [0.717, 1.165) is 12.8 Å². The first kappa shape index (κ1) is 17.4. The van der Waals surface area contributed by atoms with Crippen molar-refractivity contribution in [3.05, 3.63) is 0 Å². The maximum absolute atomic E-state index is 11.9. The molecule has 1 aliphatic rings. The Morgan fingerprint density at radius 3 is 2.30 bits per heavy atom. The summed E-state index contributed by atoms with van der Waals surface area (Å²) < 4.78 is 30.1. The largest absolute Gasteiger partial charge is 0.381 e. The van der Waals surface area contributed by atoms with Crippen molar-refractivity contribution in [3.63, 3.8) is 0 Å². The lowest BCUT2D eigenvalue weighted by atomic mass is 9.99. The molecule has 1 rings (SSSR count). The van der Waals surface area contributed by atoms with E-state index in [-0.39, 0.29) is 18.4 Å². The average molecular weight is 306 g/mol. The van der Waals surface area contributed by atoms with E-state index in [0.29, 0.717) is 19.8 Å². The summed E-state index contributed by atoms with van der Waals surface area (Å²) in [5, 5.41) is 2.83. The zero-order chi connectivity index (χ0) is 15.4. The third kappa shape index (κ3) is 5.38. The lowest BCUT2D eigenvalue weighted by molar-refractivity contribution is -0.127. The molecule has 1 amide bonds. The standard InChI is InChI=1S/C13H26N2O4S/c1-13(2,3)15(20(4,17)18)8-7-14-12(16)11-5-9-19-10-6-11/h11H,5-10H2,1-4H3,(H,14,16). The van der Waals surface area contributed by atoms with Crippen molar-refractivity contribution in [2.75, 3.05) is 32.6 Å². The van der Waals surface area contributed by atoms with Crippen molar-refractivity contribution in [1.29, 1.82) is 0 Å². The fourth-order valence-corrected chi connectivity index (χ4v) is 3.80. The third-order valence-corrected chi connectivity index (χ3v) is 4.89. The molecule has 1 heterocycles. The van der Waals surface area contributed by atoms with Crippen LogP contribution in [0.4, 0.5) is 0 Å². The molecule has 0 unspecified atom stereocenters. The van der Waals surface area contributed by atoms with Crippen LogP contribution in [0.5, 0.6) is 0 Å². The van der Waals surface area contributed by atoms with Crippen molar-refractivity contribution in [2.45, 2.75) is 39.2 Å². The first-order valence-corrected chi connectivity index (χ1v) is 8.80. The fourth-order valence-electron chi connectivity index (χ4n) is 2.38. The molecule has 0 aromatic heterocycles. The van der Waals surface area contributed by atoms with E-state index in [1.165, 1.54) is 10.6 Å². The lowest BCUT2D eigenvalue weighted by Gasteiger charge is -2.33. The molecule has 1 fully saturated rings. The maximum atomic E-state index is 11.9. The Kier molecular flexibility index (Phi) is 5.97. The number of rotatable bonds is 5. The molecule has 1 N–H and O–H groups in total. The van der Waals surface area contributed by atoms with Crippen LogP contribution >= 0.6 is 0 Å². The number of sulfonamides is 1. The molecule has 0 saturated carbocycles. The Balaban J connectivity index is 2.46. The van der Waals surface area contributed by atoms with Gasteiger partial charge in [-0.05, 0) is 33.6 Å². The molecule has 0 spiro atoms. The van der Waals surface area contributed by atoms with E-state index < -0.39 is 15.6 Å². The molecular formula is C13H26N2O4S. The van der Waals surface area contributed by atoms with E-state index in [1.807, 2.05) is 20.8 Å². The Labute approximate surface area is 121 Å². The fraction of sp³-hybridized carbons (Fsp3) is 0.923. The van der Waals surface area contributed by atoms with Gasteiger partial charge in [-0.3, -0.25) is 4.79 Å². The van der Waals surface area contributed by atoms with Crippen LogP contribution in [0.1, 0.15) is 33.6 Å². The van der Waals surface area contributed by atoms with E-state index in [9.17, 15) is 13.2 Å². The molecular weight excluding hydrogens is 280 g/mol. The molecule has 0 aromatic rings. The highest BCUT2D eigenvalue weighted by Gasteiger charge is 2.29. The van der Waals surface area contributed by atoms with Crippen molar-refractivity contribution in [1.82, 2.24) is 9.62 Å². The van der Waals surface area contributed by atoms with Gasteiger partial charge in [0.2, 0.25) is 15.9 Å². The zero-order valence-corrected chi connectivity index (χ0v) is 13.6. The second kappa shape index (κ2) is 6.87. The minimum Gasteiger partial charge on any atom is -0.381 e. The summed E-state index contributed by atoms with van der Waals surface area (Å²) in [4.78, 5) is 11.9. The highest BCUT2D eigenvalue weighted by Crippen LogP contribution is 2.17. The number of hydrogen-bond donors (Lipinski definition) is 1.